The van der Waals surface area contributed by atoms with E-state index in [2.05, 4.69) is 36.1 Å². The SMILES string of the molecule is CC(NC(=O)C1CCNc2c1nnn2C)c1nc(N)n[nH]1. The minimum absolute atomic E-state index is 0.110. The summed E-state index contributed by atoms with van der Waals surface area (Å²) in [5.74, 6) is 1.04. The third-order valence-corrected chi connectivity index (χ3v) is 3.51. The van der Waals surface area contributed by atoms with E-state index in [0.29, 0.717) is 24.5 Å². The Balaban J connectivity index is 1.74. The predicted octanol–water partition coefficient (Wildman–Crippen LogP) is -0.708. The van der Waals surface area contributed by atoms with Gasteiger partial charge in [0.2, 0.25) is 11.9 Å². The lowest BCUT2D eigenvalue weighted by Crippen LogP contribution is -2.35. The smallest absolute Gasteiger partial charge is 0.239 e. The fourth-order valence-electron chi connectivity index (χ4n) is 2.40. The van der Waals surface area contributed by atoms with Crippen molar-refractivity contribution in [2.24, 2.45) is 7.05 Å². The first kappa shape index (κ1) is 13.3. The topological polar surface area (TPSA) is 139 Å². The molecule has 0 fully saturated rings. The molecule has 0 radical (unpaired) electrons. The van der Waals surface area contributed by atoms with Gasteiger partial charge in [0.05, 0.1) is 12.0 Å². The van der Waals surface area contributed by atoms with Crippen LogP contribution < -0.4 is 16.4 Å². The van der Waals surface area contributed by atoms with Crippen molar-refractivity contribution in [2.45, 2.75) is 25.3 Å². The third-order valence-electron chi connectivity index (χ3n) is 3.51. The van der Waals surface area contributed by atoms with Gasteiger partial charge in [-0.2, -0.15) is 4.98 Å². The molecule has 2 unspecified atom stereocenters. The van der Waals surface area contributed by atoms with Crippen LogP contribution in [0.4, 0.5) is 11.8 Å². The highest BCUT2D eigenvalue weighted by molar-refractivity contribution is 5.85. The summed E-state index contributed by atoms with van der Waals surface area (Å²) in [6.45, 7) is 2.52. The van der Waals surface area contributed by atoms with E-state index in [1.54, 1.807) is 11.7 Å². The number of aryl methyl sites for hydroxylation is 1. The van der Waals surface area contributed by atoms with Crippen LogP contribution in [0, 0.1) is 0 Å². The fourth-order valence-corrected chi connectivity index (χ4v) is 2.40. The third kappa shape index (κ3) is 2.39. The number of nitrogens with zero attached hydrogens (tertiary/aromatic N) is 5. The zero-order valence-electron chi connectivity index (χ0n) is 11.8. The second-order valence-corrected chi connectivity index (χ2v) is 5.02. The highest BCUT2D eigenvalue weighted by Crippen LogP contribution is 2.29. The van der Waals surface area contributed by atoms with Gasteiger partial charge in [0.25, 0.3) is 0 Å². The average molecular weight is 291 g/mol. The number of rotatable bonds is 3. The van der Waals surface area contributed by atoms with Crippen LogP contribution in [0.15, 0.2) is 0 Å². The molecule has 2 atom stereocenters. The first-order valence-corrected chi connectivity index (χ1v) is 6.68. The molecule has 5 N–H and O–H groups in total. The van der Waals surface area contributed by atoms with E-state index in [1.165, 1.54) is 0 Å². The Morgan fingerprint density at radius 2 is 2.38 bits per heavy atom. The monoisotopic (exact) mass is 291 g/mol. The van der Waals surface area contributed by atoms with Gasteiger partial charge in [0.1, 0.15) is 17.3 Å². The van der Waals surface area contributed by atoms with Crippen LogP contribution in [0.2, 0.25) is 0 Å². The summed E-state index contributed by atoms with van der Waals surface area (Å²) >= 11 is 0. The number of carbonyl (C=O) groups is 1. The van der Waals surface area contributed by atoms with Gasteiger partial charge in [-0.1, -0.05) is 5.21 Å². The molecule has 2 aromatic rings. The van der Waals surface area contributed by atoms with Crippen LogP contribution in [0.5, 0.6) is 0 Å². The number of aromatic amines is 1. The van der Waals surface area contributed by atoms with Crippen LogP contribution >= 0.6 is 0 Å². The number of hydrogen-bond acceptors (Lipinski definition) is 7. The number of amides is 1. The molecule has 1 amide bonds. The first-order valence-electron chi connectivity index (χ1n) is 6.68. The van der Waals surface area contributed by atoms with Crippen molar-refractivity contribution in [3.8, 4) is 0 Å². The Morgan fingerprint density at radius 1 is 1.57 bits per heavy atom. The number of anilines is 2. The zero-order valence-corrected chi connectivity index (χ0v) is 11.8. The molecule has 0 saturated carbocycles. The fraction of sp³-hybridized carbons (Fsp3) is 0.545. The van der Waals surface area contributed by atoms with Crippen molar-refractivity contribution in [2.75, 3.05) is 17.6 Å². The largest absolute Gasteiger partial charge is 0.369 e. The van der Waals surface area contributed by atoms with Crippen molar-refractivity contribution in [3.05, 3.63) is 11.5 Å². The first-order chi connectivity index (χ1) is 10.1. The van der Waals surface area contributed by atoms with Gasteiger partial charge in [0, 0.05) is 13.6 Å². The van der Waals surface area contributed by atoms with Crippen LogP contribution in [0.25, 0.3) is 0 Å². The molecule has 0 aliphatic carbocycles. The lowest BCUT2D eigenvalue weighted by Gasteiger charge is -2.23. The maximum Gasteiger partial charge on any atom is 0.239 e. The molecular formula is C11H17N9O. The van der Waals surface area contributed by atoms with Gasteiger partial charge < -0.3 is 16.4 Å². The van der Waals surface area contributed by atoms with Gasteiger partial charge >= 0.3 is 0 Å². The maximum atomic E-state index is 12.5. The van der Waals surface area contributed by atoms with Gasteiger partial charge in [-0.05, 0) is 13.3 Å². The Hall–Kier alpha value is -2.65. The van der Waals surface area contributed by atoms with E-state index in [4.69, 9.17) is 5.73 Å². The molecule has 0 bridgehead atoms. The number of nitrogen functional groups attached to an aromatic ring is 1. The highest BCUT2D eigenvalue weighted by Gasteiger charge is 2.31. The molecular weight excluding hydrogens is 274 g/mol. The number of nitrogens with one attached hydrogen (secondary N) is 3. The van der Waals surface area contributed by atoms with Crippen molar-refractivity contribution < 1.29 is 4.79 Å². The van der Waals surface area contributed by atoms with Crippen LogP contribution in [-0.2, 0) is 11.8 Å². The predicted molar refractivity (Wildman–Crippen MR) is 74.2 cm³/mol. The van der Waals surface area contributed by atoms with E-state index < -0.39 is 0 Å². The minimum Gasteiger partial charge on any atom is -0.369 e. The van der Waals surface area contributed by atoms with Gasteiger partial charge in [0.15, 0.2) is 0 Å². The van der Waals surface area contributed by atoms with E-state index in [-0.39, 0.29) is 23.8 Å². The van der Waals surface area contributed by atoms with Crippen LogP contribution in [-0.4, -0.2) is 42.6 Å². The molecule has 1 aliphatic heterocycles. The van der Waals surface area contributed by atoms with E-state index in [9.17, 15) is 4.79 Å². The molecule has 0 saturated heterocycles. The standard InChI is InChI=1S/C11H17N9O/c1-5(8-15-11(12)18-17-8)14-10(21)6-3-4-13-9-7(6)16-19-20(9)2/h5-6,13H,3-4H2,1-2H3,(H,14,21)(H3,12,15,17,18). The van der Waals surface area contributed by atoms with E-state index >= 15 is 0 Å². The van der Waals surface area contributed by atoms with Gasteiger partial charge in [-0.3, -0.25) is 9.89 Å². The summed E-state index contributed by atoms with van der Waals surface area (Å²) in [5.41, 5.74) is 6.13. The minimum atomic E-state index is -0.322. The number of hydrogen-bond donors (Lipinski definition) is 4. The van der Waals surface area contributed by atoms with Crippen LogP contribution in [0.1, 0.15) is 36.8 Å². The number of H-pyrrole nitrogens is 1. The Morgan fingerprint density at radius 3 is 3.10 bits per heavy atom. The zero-order chi connectivity index (χ0) is 15.0. The Kier molecular flexibility index (Phi) is 3.20. The molecule has 2 aromatic heterocycles. The number of fused-ring (bicyclic) bond motifs is 1. The highest BCUT2D eigenvalue weighted by atomic mass is 16.2. The van der Waals surface area contributed by atoms with Crippen LogP contribution in [0.3, 0.4) is 0 Å². The number of nitrogens with two attached hydrogens (primary N) is 1. The Bertz CT molecular complexity index is 660. The molecule has 10 nitrogen and oxygen atoms in total. The number of carbonyl (C=O) groups excluding carboxylic acids is 1. The Labute approximate surface area is 120 Å². The summed E-state index contributed by atoms with van der Waals surface area (Å²) < 4.78 is 1.63. The molecule has 0 spiro atoms. The molecule has 0 aromatic carbocycles. The van der Waals surface area contributed by atoms with Crippen molar-refractivity contribution in [3.63, 3.8) is 0 Å². The summed E-state index contributed by atoms with van der Waals surface area (Å²) in [5, 5.41) is 20.6. The summed E-state index contributed by atoms with van der Waals surface area (Å²) in [6.07, 6.45) is 0.669. The van der Waals surface area contributed by atoms with Gasteiger partial charge in [-0.15, -0.1) is 10.2 Å². The van der Waals surface area contributed by atoms with Gasteiger partial charge in [-0.25, -0.2) is 4.68 Å². The molecule has 10 heteroatoms. The molecule has 112 valence electrons. The van der Waals surface area contributed by atoms with Crippen molar-refractivity contribution in [1.29, 1.82) is 0 Å². The normalized spacial score (nSPS) is 18.7. The lowest BCUT2D eigenvalue weighted by molar-refractivity contribution is -0.123. The van der Waals surface area contributed by atoms with Crippen molar-refractivity contribution >= 4 is 17.7 Å². The molecule has 1 aliphatic rings. The lowest BCUT2D eigenvalue weighted by atomic mass is 9.97. The van der Waals surface area contributed by atoms with Crippen molar-refractivity contribution in [1.82, 2.24) is 35.5 Å². The summed E-state index contributed by atoms with van der Waals surface area (Å²) in [7, 11) is 1.79. The summed E-state index contributed by atoms with van der Waals surface area (Å²) in [4.78, 5) is 16.5. The van der Waals surface area contributed by atoms with E-state index in [0.717, 1.165) is 5.82 Å². The molecule has 3 rings (SSSR count). The second kappa shape index (κ2) is 5.04. The average Bonchev–Trinajstić information content (AvgIpc) is 3.05. The summed E-state index contributed by atoms with van der Waals surface area (Å²) in [6, 6.07) is -0.308. The quantitative estimate of drug-likeness (QED) is 0.585. The van der Waals surface area contributed by atoms with E-state index in [1.807, 2.05) is 6.92 Å². The second-order valence-electron chi connectivity index (χ2n) is 5.02. The molecule has 21 heavy (non-hydrogen) atoms. The molecule has 3 heterocycles. The number of aromatic nitrogens is 6. The maximum absolute atomic E-state index is 12.5.